The van der Waals surface area contributed by atoms with Gasteiger partial charge in [0.2, 0.25) is 0 Å². The van der Waals surface area contributed by atoms with E-state index in [0.717, 1.165) is 21.7 Å². The first kappa shape index (κ1) is 14.8. The van der Waals surface area contributed by atoms with Crippen molar-refractivity contribution >= 4 is 17.4 Å². The number of hydrogen-bond donors (Lipinski definition) is 0. The van der Waals surface area contributed by atoms with Gasteiger partial charge in [0.25, 0.3) is 0 Å². The van der Waals surface area contributed by atoms with Crippen molar-refractivity contribution in [2.24, 2.45) is 0 Å². The lowest BCUT2D eigenvalue weighted by Crippen LogP contribution is -2.26. The summed E-state index contributed by atoms with van der Waals surface area (Å²) in [5, 5.41) is 0.723. The summed E-state index contributed by atoms with van der Waals surface area (Å²) >= 11 is 5.97. The van der Waals surface area contributed by atoms with E-state index in [1.54, 1.807) is 0 Å². The van der Waals surface area contributed by atoms with E-state index in [2.05, 4.69) is 0 Å². The van der Waals surface area contributed by atoms with E-state index in [9.17, 15) is 4.79 Å². The first-order chi connectivity index (χ1) is 9.56. The minimum absolute atomic E-state index is 0.146. The Hall–Kier alpha value is -1.64. The van der Waals surface area contributed by atoms with Crippen molar-refractivity contribution in [1.29, 1.82) is 0 Å². The van der Waals surface area contributed by atoms with Gasteiger partial charge in [0.1, 0.15) is 0 Å². The van der Waals surface area contributed by atoms with Crippen LogP contribution in [0.25, 0.3) is 0 Å². The standard InChI is InChI=1S/C17H18ClNO/c1-13-6-3-4-9-16(13)17(20)12-19(2)11-14-7-5-8-15(18)10-14/h3-10H,11-12H2,1-2H3. The molecule has 0 atom stereocenters. The number of carbonyl (C=O) groups is 1. The van der Waals surface area contributed by atoms with E-state index >= 15 is 0 Å². The minimum Gasteiger partial charge on any atom is -0.295 e. The van der Waals surface area contributed by atoms with Gasteiger partial charge in [0.05, 0.1) is 6.54 Å². The van der Waals surface area contributed by atoms with Crippen LogP contribution in [0.5, 0.6) is 0 Å². The smallest absolute Gasteiger partial charge is 0.177 e. The quantitative estimate of drug-likeness (QED) is 0.776. The van der Waals surface area contributed by atoms with Gasteiger partial charge in [-0.3, -0.25) is 9.69 Å². The van der Waals surface area contributed by atoms with Gasteiger partial charge in [-0.05, 0) is 37.2 Å². The van der Waals surface area contributed by atoms with Crippen LogP contribution in [0.3, 0.4) is 0 Å². The number of nitrogens with zero attached hydrogens (tertiary/aromatic N) is 1. The molecule has 0 aliphatic rings. The molecule has 0 aliphatic heterocycles. The molecular weight excluding hydrogens is 270 g/mol. The van der Waals surface area contributed by atoms with Crippen molar-refractivity contribution in [3.63, 3.8) is 0 Å². The second-order valence-electron chi connectivity index (χ2n) is 5.04. The Morgan fingerprint density at radius 3 is 2.60 bits per heavy atom. The average molecular weight is 288 g/mol. The molecule has 0 spiro atoms. The highest BCUT2D eigenvalue weighted by molar-refractivity contribution is 6.30. The van der Waals surface area contributed by atoms with Gasteiger partial charge in [0, 0.05) is 17.1 Å². The van der Waals surface area contributed by atoms with Crippen LogP contribution < -0.4 is 0 Å². The Kier molecular flexibility index (Phi) is 4.94. The second-order valence-corrected chi connectivity index (χ2v) is 5.48. The highest BCUT2D eigenvalue weighted by atomic mass is 35.5. The maximum atomic E-state index is 12.3. The molecular formula is C17H18ClNO. The van der Waals surface area contributed by atoms with Crippen molar-refractivity contribution in [3.8, 4) is 0 Å². The number of ketones is 1. The number of halogens is 1. The molecule has 0 fully saturated rings. The van der Waals surface area contributed by atoms with Gasteiger partial charge < -0.3 is 0 Å². The first-order valence-corrected chi connectivity index (χ1v) is 6.96. The number of carbonyl (C=O) groups excluding carboxylic acids is 1. The van der Waals surface area contributed by atoms with Gasteiger partial charge >= 0.3 is 0 Å². The van der Waals surface area contributed by atoms with Crippen molar-refractivity contribution < 1.29 is 4.79 Å². The maximum Gasteiger partial charge on any atom is 0.177 e. The Balaban J connectivity index is 2.00. The number of aryl methyl sites for hydroxylation is 1. The lowest BCUT2D eigenvalue weighted by atomic mass is 10.0. The van der Waals surface area contributed by atoms with Gasteiger partial charge in [-0.15, -0.1) is 0 Å². The highest BCUT2D eigenvalue weighted by Gasteiger charge is 2.11. The normalized spacial score (nSPS) is 10.8. The Bertz CT molecular complexity index is 609. The van der Waals surface area contributed by atoms with Gasteiger partial charge in [0.15, 0.2) is 5.78 Å². The monoisotopic (exact) mass is 287 g/mol. The molecule has 2 nitrogen and oxygen atoms in total. The van der Waals surface area contributed by atoms with Gasteiger partial charge in [-0.1, -0.05) is 48.0 Å². The molecule has 20 heavy (non-hydrogen) atoms. The molecule has 0 aromatic heterocycles. The maximum absolute atomic E-state index is 12.3. The highest BCUT2D eigenvalue weighted by Crippen LogP contribution is 2.13. The summed E-state index contributed by atoms with van der Waals surface area (Å²) in [6, 6.07) is 15.4. The second kappa shape index (κ2) is 6.69. The first-order valence-electron chi connectivity index (χ1n) is 6.58. The summed E-state index contributed by atoms with van der Waals surface area (Å²) in [5.74, 6) is 0.146. The fourth-order valence-electron chi connectivity index (χ4n) is 2.22. The molecule has 0 radical (unpaired) electrons. The largest absolute Gasteiger partial charge is 0.295 e. The predicted molar refractivity (Wildman–Crippen MR) is 83.3 cm³/mol. The fraction of sp³-hybridized carbons (Fsp3) is 0.235. The zero-order valence-electron chi connectivity index (χ0n) is 11.8. The third kappa shape index (κ3) is 3.92. The molecule has 0 saturated carbocycles. The Morgan fingerprint density at radius 1 is 1.15 bits per heavy atom. The third-order valence-corrected chi connectivity index (χ3v) is 3.44. The van der Waals surface area contributed by atoms with E-state index < -0.39 is 0 Å². The SMILES string of the molecule is Cc1ccccc1C(=O)CN(C)Cc1cccc(Cl)c1. The molecule has 104 valence electrons. The van der Waals surface area contributed by atoms with E-state index in [1.165, 1.54) is 0 Å². The molecule has 0 aliphatic carbocycles. The van der Waals surface area contributed by atoms with Crippen LogP contribution in [0.15, 0.2) is 48.5 Å². The summed E-state index contributed by atoms with van der Waals surface area (Å²) in [4.78, 5) is 14.3. The number of Topliss-reactive ketones (excluding diaryl/α,β-unsaturated/α-hetero) is 1. The van der Waals surface area contributed by atoms with Crippen molar-refractivity contribution in [1.82, 2.24) is 4.90 Å². The van der Waals surface area contributed by atoms with E-state index in [1.807, 2.05) is 67.4 Å². The molecule has 0 bridgehead atoms. The third-order valence-electron chi connectivity index (χ3n) is 3.20. The summed E-state index contributed by atoms with van der Waals surface area (Å²) in [6.07, 6.45) is 0. The van der Waals surface area contributed by atoms with Crippen LogP contribution in [-0.4, -0.2) is 24.3 Å². The Labute approximate surface area is 125 Å². The van der Waals surface area contributed by atoms with Crippen LogP contribution in [0.1, 0.15) is 21.5 Å². The van der Waals surface area contributed by atoms with Gasteiger partial charge in [-0.25, -0.2) is 0 Å². The number of likely N-dealkylation sites (N-methyl/N-ethyl adjacent to an activating group) is 1. The summed E-state index contributed by atoms with van der Waals surface area (Å²) in [5.41, 5.74) is 2.93. The summed E-state index contributed by atoms with van der Waals surface area (Å²) < 4.78 is 0. The van der Waals surface area contributed by atoms with E-state index in [0.29, 0.717) is 13.1 Å². The summed E-state index contributed by atoms with van der Waals surface area (Å²) in [6.45, 7) is 3.07. The molecule has 0 amide bonds. The molecule has 2 aromatic rings. The van der Waals surface area contributed by atoms with Crippen molar-refractivity contribution in [2.45, 2.75) is 13.5 Å². The van der Waals surface area contributed by atoms with Crippen molar-refractivity contribution in [2.75, 3.05) is 13.6 Å². The molecule has 0 saturated heterocycles. The molecule has 0 heterocycles. The molecule has 2 aromatic carbocycles. The molecule has 0 unspecified atom stereocenters. The lowest BCUT2D eigenvalue weighted by Gasteiger charge is -2.16. The fourth-order valence-corrected chi connectivity index (χ4v) is 2.43. The van der Waals surface area contributed by atoms with Crippen molar-refractivity contribution in [3.05, 3.63) is 70.2 Å². The van der Waals surface area contributed by atoms with Crippen LogP contribution in [0.2, 0.25) is 5.02 Å². The van der Waals surface area contributed by atoms with E-state index in [-0.39, 0.29) is 5.78 Å². The lowest BCUT2D eigenvalue weighted by molar-refractivity contribution is 0.0942. The van der Waals surface area contributed by atoms with Crippen LogP contribution in [0, 0.1) is 6.92 Å². The molecule has 3 heteroatoms. The van der Waals surface area contributed by atoms with Crippen LogP contribution in [-0.2, 0) is 6.54 Å². The molecule has 0 N–H and O–H groups in total. The predicted octanol–water partition coefficient (Wildman–Crippen LogP) is 3.96. The topological polar surface area (TPSA) is 20.3 Å². The average Bonchev–Trinajstić information content (AvgIpc) is 2.38. The number of rotatable bonds is 5. The number of benzene rings is 2. The number of hydrogen-bond acceptors (Lipinski definition) is 2. The van der Waals surface area contributed by atoms with E-state index in [4.69, 9.17) is 11.6 Å². The van der Waals surface area contributed by atoms with Crippen LogP contribution in [0.4, 0.5) is 0 Å². The van der Waals surface area contributed by atoms with Gasteiger partial charge in [-0.2, -0.15) is 0 Å². The summed E-state index contributed by atoms with van der Waals surface area (Å²) in [7, 11) is 1.94. The Morgan fingerprint density at radius 2 is 1.90 bits per heavy atom. The zero-order chi connectivity index (χ0) is 14.5. The molecule has 2 rings (SSSR count). The van der Waals surface area contributed by atoms with Crippen LogP contribution >= 0.6 is 11.6 Å². The zero-order valence-corrected chi connectivity index (χ0v) is 12.5. The minimum atomic E-state index is 0.146.